The molecule has 2 aromatic heterocycles. The Morgan fingerprint density at radius 1 is 1.53 bits per heavy atom. The van der Waals surface area contributed by atoms with Crippen molar-refractivity contribution in [2.75, 3.05) is 0 Å². The van der Waals surface area contributed by atoms with Gasteiger partial charge in [-0.25, -0.2) is 4.79 Å². The van der Waals surface area contributed by atoms with E-state index in [0.29, 0.717) is 12.2 Å². The van der Waals surface area contributed by atoms with Gasteiger partial charge in [-0.15, -0.1) is 0 Å². The fraction of sp³-hybridized carbons (Fsp3) is 0.200. The van der Waals surface area contributed by atoms with Crippen LogP contribution in [-0.2, 0) is 13.5 Å². The summed E-state index contributed by atoms with van der Waals surface area (Å²) < 4.78 is 6.80. The van der Waals surface area contributed by atoms with Gasteiger partial charge < -0.3 is 9.52 Å². The Morgan fingerprint density at radius 2 is 2.33 bits per heavy atom. The first kappa shape index (κ1) is 9.51. The van der Waals surface area contributed by atoms with Gasteiger partial charge in [0.15, 0.2) is 0 Å². The molecule has 0 aliphatic carbocycles. The summed E-state index contributed by atoms with van der Waals surface area (Å²) in [6, 6.07) is 4.96. The number of aromatic nitrogens is 2. The zero-order valence-corrected chi connectivity index (χ0v) is 8.17. The van der Waals surface area contributed by atoms with Crippen molar-refractivity contribution in [1.82, 2.24) is 9.78 Å². The molecule has 0 aliphatic heterocycles. The molecule has 2 heterocycles. The summed E-state index contributed by atoms with van der Waals surface area (Å²) >= 11 is 0. The SMILES string of the molecule is Cn1ccc(Cc2ccc(C(=O)O)o2)n1. The molecule has 0 saturated heterocycles. The highest BCUT2D eigenvalue weighted by Gasteiger charge is 2.09. The zero-order chi connectivity index (χ0) is 10.8. The highest BCUT2D eigenvalue weighted by Crippen LogP contribution is 2.11. The summed E-state index contributed by atoms with van der Waals surface area (Å²) in [5.41, 5.74) is 0.851. The predicted octanol–water partition coefficient (Wildman–Crippen LogP) is 1.30. The molecule has 0 bridgehead atoms. The second-order valence-corrected chi connectivity index (χ2v) is 3.23. The van der Waals surface area contributed by atoms with Crippen molar-refractivity contribution in [2.45, 2.75) is 6.42 Å². The van der Waals surface area contributed by atoms with Gasteiger partial charge in [-0.05, 0) is 18.2 Å². The molecule has 0 aliphatic rings. The number of carbonyl (C=O) groups is 1. The summed E-state index contributed by atoms with van der Waals surface area (Å²) in [5.74, 6) is -0.491. The van der Waals surface area contributed by atoms with Gasteiger partial charge in [-0.1, -0.05) is 0 Å². The molecule has 5 heteroatoms. The molecule has 0 spiro atoms. The molecule has 0 amide bonds. The van der Waals surface area contributed by atoms with Crippen molar-refractivity contribution < 1.29 is 14.3 Å². The van der Waals surface area contributed by atoms with Crippen LogP contribution in [0.1, 0.15) is 22.0 Å². The van der Waals surface area contributed by atoms with Crippen LogP contribution in [0.15, 0.2) is 28.8 Å². The number of carboxylic acid groups (broad SMARTS) is 1. The number of aryl methyl sites for hydroxylation is 1. The molecule has 0 saturated carbocycles. The van der Waals surface area contributed by atoms with E-state index < -0.39 is 5.97 Å². The third kappa shape index (κ3) is 2.07. The van der Waals surface area contributed by atoms with E-state index in [2.05, 4.69) is 5.10 Å². The molecular formula is C10H10N2O3. The predicted molar refractivity (Wildman–Crippen MR) is 51.7 cm³/mol. The van der Waals surface area contributed by atoms with E-state index in [1.165, 1.54) is 6.07 Å². The lowest BCUT2D eigenvalue weighted by Crippen LogP contribution is -1.93. The lowest BCUT2D eigenvalue weighted by molar-refractivity contribution is 0.0660. The van der Waals surface area contributed by atoms with E-state index in [9.17, 15) is 4.79 Å². The van der Waals surface area contributed by atoms with Gasteiger partial charge in [0.1, 0.15) is 5.76 Å². The van der Waals surface area contributed by atoms with E-state index in [1.807, 2.05) is 19.3 Å². The number of nitrogens with zero attached hydrogens (tertiary/aromatic N) is 2. The lowest BCUT2D eigenvalue weighted by Gasteiger charge is -1.92. The van der Waals surface area contributed by atoms with Crippen molar-refractivity contribution in [3.05, 3.63) is 41.6 Å². The smallest absolute Gasteiger partial charge is 0.371 e. The highest BCUT2D eigenvalue weighted by molar-refractivity contribution is 5.84. The maximum Gasteiger partial charge on any atom is 0.371 e. The van der Waals surface area contributed by atoms with Gasteiger partial charge >= 0.3 is 5.97 Å². The Kier molecular flexibility index (Phi) is 2.29. The summed E-state index contributed by atoms with van der Waals surface area (Å²) in [6.07, 6.45) is 2.34. The molecular weight excluding hydrogens is 196 g/mol. The third-order valence-electron chi connectivity index (χ3n) is 2.00. The minimum atomic E-state index is -1.05. The molecule has 78 valence electrons. The van der Waals surface area contributed by atoms with Gasteiger partial charge in [0.05, 0.1) is 12.1 Å². The topological polar surface area (TPSA) is 68.3 Å². The molecule has 0 aromatic carbocycles. The Balaban J connectivity index is 2.14. The second kappa shape index (κ2) is 3.61. The number of hydrogen-bond acceptors (Lipinski definition) is 3. The Hall–Kier alpha value is -2.04. The van der Waals surface area contributed by atoms with E-state index in [4.69, 9.17) is 9.52 Å². The fourth-order valence-electron chi connectivity index (χ4n) is 1.32. The first-order chi connectivity index (χ1) is 7.15. The van der Waals surface area contributed by atoms with Gasteiger partial charge in [-0.3, -0.25) is 4.68 Å². The van der Waals surface area contributed by atoms with Crippen LogP contribution in [-0.4, -0.2) is 20.9 Å². The molecule has 1 N–H and O–H groups in total. The second-order valence-electron chi connectivity index (χ2n) is 3.23. The molecule has 5 nitrogen and oxygen atoms in total. The zero-order valence-electron chi connectivity index (χ0n) is 8.17. The van der Waals surface area contributed by atoms with E-state index >= 15 is 0 Å². The summed E-state index contributed by atoms with van der Waals surface area (Å²) in [6.45, 7) is 0. The molecule has 2 aromatic rings. The number of carboxylic acids is 1. The van der Waals surface area contributed by atoms with Gasteiger partial charge in [0.25, 0.3) is 0 Å². The first-order valence-electron chi connectivity index (χ1n) is 4.45. The summed E-state index contributed by atoms with van der Waals surface area (Å²) in [4.78, 5) is 10.6. The van der Waals surface area contributed by atoms with E-state index in [0.717, 1.165) is 5.69 Å². The molecule has 0 atom stereocenters. The van der Waals surface area contributed by atoms with Crippen LogP contribution in [0.25, 0.3) is 0 Å². The van der Waals surface area contributed by atoms with Crippen molar-refractivity contribution in [2.24, 2.45) is 7.05 Å². The van der Waals surface area contributed by atoms with Gasteiger partial charge in [0, 0.05) is 13.2 Å². The average Bonchev–Trinajstić information content (AvgIpc) is 2.76. The number of furan rings is 1. The maximum absolute atomic E-state index is 10.6. The Labute approximate surface area is 85.9 Å². The van der Waals surface area contributed by atoms with E-state index in [1.54, 1.807) is 10.7 Å². The lowest BCUT2D eigenvalue weighted by atomic mass is 10.2. The summed E-state index contributed by atoms with van der Waals surface area (Å²) in [5, 5.41) is 12.8. The quantitative estimate of drug-likeness (QED) is 0.821. The van der Waals surface area contributed by atoms with Crippen molar-refractivity contribution in [3.63, 3.8) is 0 Å². The minimum absolute atomic E-state index is 0.0408. The Morgan fingerprint density at radius 3 is 2.87 bits per heavy atom. The van der Waals surface area contributed by atoms with Crippen LogP contribution < -0.4 is 0 Å². The molecule has 15 heavy (non-hydrogen) atoms. The largest absolute Gasteiger partial charge is 0.475 e. The van der Waals surface area contributed by atoms with Crippen molar-refractivity contribution >= 4 is 5.97 Å². The number of hydrogen-bond donors (Lipinski definition) is 1. The van der Waals surface area contributed by atoms with Crippen LogP contribution >= 0.6 is 0 Å². The normalized spacial score (nSPS) is 10.5. The van der Waals surface area contributed by atoms with Crippen LogP contribution in [0.5, 0.6) is 0 Å². The summed E-state index contributed by atoms with van der Waals surface area (Å²) in [7, 11) is 1.83. The van der Waals surface area contributed by atoms with Crippen molar-refractivity contribution in [3.8, 4) is 0 Å². The highest BCUT2D eigenvalue weighted by atomic mass is 16.4. The van der Waals surface area contributed by atoms with E-state index in [-0.39, 0.29) is 5.76 Å². The minimum Gasteiger partial charge on any atom is -0.475 e. The molecule has 0 fully saturated rings. The average molecular weight is 206 g/mol. The number of rotatable bonds is 3. The van der Waals surface area contributed by atoms with Gasteiger partial charge in [0.2, 0.25) is 5.76 Å². The fourth-order valence-corrected chi connectivity index (χ4v) is 1.32. The standard InChI is InChI=1S/C10H10N2O3/c1-12-5-4-7(11-12)6-8-2-3-9(15-8)10(13)14/h2-5H,6H2,1H3,(H,13,14). The van der Waals surface area contributed by atoms with Crippen LogP contribution in [0.2, 0.25) is 0 Å². The monoisotopic (exact) mass is 206 g/mol. The molecule has 2 rings (SSSR count). The molecule has 0 radical (unpaired) electrons. The Bertz CT molecular complexity index is 484. The van der Waals surface area contributed by atoms with Gasteiger partial charge in [-0.2, -0.15) is 5.10 Å². The van der Waals surface area contributed by atoms with Crippen molar-refractivity contribution in [1.29, 1.82) is 0 Å². The van der Waals surface area contributed by atoms with Crippen LogP contribution in [0.3, 0.4) is 0 Å². The number of aromatic carboxylic acids is 1. The van der Waals surface area contributed by atoms with Crippen LogP contribution in [0.4, 0.5) is 0 Å². The third-order valence-corrected chi connectivity index (χ3v) is 2.00. The molecule has 0 unspecified atom stereocenters. The first-order valence-corrected chi connectivity index (χ1v) is 4.45. The maximum atomic E-state index is 10.6. The van der Waals surface area contributed by atoms with Crippen LogP contribution in [0, 0.1) is 0 Å².